The summed E-state index contributed by atoms with van der Waals surface area (Å²) in [5.74, 6) is -5.58. The molecule has 2 N–H and O–H groups in total. The van der Waals surface area contributed by atoms with E-state index in [2.05, 4.69) is 4.99 Å². The summed E-state index contributed by atoms with van der Waals surface area (Å²) in [7, 11) is 1.24. The normalized spacial score (nSPS) is 20.7. The SMILES string of the molecule is COCC1=NC(=O)N(C(=O)O)C(c2ccc(F)c(F)c2)C1C(=O)O. The van der Waals surface area contributed by atoms with Gasteiger partial charge in [0.05, 0.1) is 18.4 Å². The zero-order valence-electron chi connectivity index (χ0n) is 12.3. The Morgan fingerprint density at radius 1 is 1.29 bits per heavy atom. The maximum atomic E-state index is 13.5. The monoisotopic (exact) mass is 342 g/mol. The molecule has 2 atom stereocenters. The van der Waals surface area contributed by atoms with Crippen LogP contribution in [-0.2, 0) is 9.53 Å². The van der Waals surface area contributed by atoms with Crippen LogP contribution in [0.25, 0.3) is 0 Å². The minimum atomic E-state index is -1.76. The molecule has 3 amide bonds. The molecule has 0 radical (unpaired) electrons. The Bertz CT molecular complexity index is 736. The minimum Gasteiger partial charge on any atom is -0.481 e. The average molecular weight is 342 g/mol. The highest BCUT2D eigenvalue weighted by Crippen LogP contribution is 2.35. The van der Waals surface area contributed by atoms with Crippen molar-refractivity contribution in [2.45, 2.75) is 6.04 Å². The number of imide groups is 1. The topological polar surface area (TPSA) is 117 Å². The van der Waals surface area contributed by atoms with Crippen LogP contribution in [0.2, 0.25) is 0 Å². The summed E-state index contributed by atoms with van der Waals surface area (Å²) in [5.41, 5.74) is -0.414. The van der Waals surface area contributed by atoms with Crippen molar-refractivity contribution in [2.24, 2.45) is 10.9 Å². The zero-order valence-corrected chi connectivity index (χ0v) is 12.3. The zero-order chi connectivity index (χ0) is 18.0. The Balaban J connectivity index is 2.65. The molecule has 10 heteroatoms. The van der Waals surface area contributed by atoms with E-state index in [4.69, 9.17) is 4.74 Å². The number of ether oxygens (including phenoxy) is 1. The highest BCUT2D eigenvalue weighted by atomic mass is 19.2. The molecular weight excluding hydrogens is 330 g/mol. The predicted molar refractivity (Wildman–Crippen MR) is 74.8 cm³/mol. The molecule has 8 nitrogen and oxygen atoms in total. The van der Waals surface area contributed by atoms with Crippen molar-refractivity contribution >= 4 is 23.8 Å². The second-order valence-electron chi connectivity index (χ2n) is 4.91. The summed E-state index contributed by atoms with van der Waals surface area (Å²) < 4.78 is 31.4. The van der Waals surface area contributed by atoms with Crippen LogP contribution in [-0.4, -0.2) is 52.6 Å². The number of methoxy groups -OCH3 is 1. The number of hydrogen-bond donors (Lipinski definition) is 2. The van der Waals surface area contributed by atoms with Crippen molar-refractivity contribution in [3.05, 3.63) is 35.4 Å². The Kier molecular flexibility index (Phi) is 4.88. The smallest absolute Gasteiger partial charge is 0.416 e. The van der Waals surface area contributed by atoms with Crippen LogP contribution >= 0.6 is 0 Å². The largest absolute Gasteiger partial charge is 0.481 e. The lowest BCUT2D eigenvalue weighted by molar-refractivity contribution is -0.141. The van der Waals surface area contributed by atoms with E-state index in [0.29, 0.717) is 6.07 Å². The van der Waals surface area contributed by atoms with Crippen LogP contribution in [0.1, 0.15) is 11.6 Å². The van der Waals surface area contributed by atoms with Crippen LogP contribution in [0, 0.1) is 17.6 Å². The first-order chi connectivity index (χ1) is 11.3. The van der Waals surface area contributed by atoms with Gasteiger partial charge in [0, 0.05) is 7.11 Å². The molecule has 1 heterocycles. The summed E-state index contributed by atoms with van der Waals surface area (Å²) in [6.45, 7) is -0.337. The third-order valence-electron chi connectivity index (χ3n) is 3.45. The van der Waals surface area contributed by atoms with Crippen LogP contribution in [0.15, 0.2) is 23.2 Å². The van der Waals surface area contributed by atoms with Gasteiger partial charge in [0.15, 0.2) is 11.6 Å². The predicted octanol–water partition coefficient (Wildman–Crippen LogP) is 1.91. The van der Waals surface area contributed by atoms with Gasteiger partial charge in [-0.15, -0.1) is 0 Å². The lowest BCUT2D eigenvalue weighted by Crippen LogP contribution is -2.50. The minimum absolute atomic E-state index is 0.171. The number of aliphatic carboxylic acids is 1. The second kappa shape index (κ2) is 6.71. The molecule has 2 unspecified atom stereocenters. The fraction of sp³-hybridized carbons (Fsp3) is 0.286. The molecule has 2 rings (SSSR count). The molecule has 0 aromatic heterocycles. The molecule has 1 aliphatic rings. The quantitative estimate of drug-likeness (QED) is 0.863. The van der Waals surface area contributed by atoms with Gasteiger partial charge in [-0.05, 0) is 17.7 Å². The maximum Gasteiger partial charge on any atom is 0.416 e. The van der Waals surface area contributed by atoms with Crippen molar-refractivity contribution in [2.75, 3.05) is 13.7 Å². The standard InChI is InChI=1S/C14H12F2N2O6/c1-24-5-9-10(12(19)20)11(18(14(22)23)13(21)17-9)6-2-3-7(15)8(16)4-6/h2-4,10-11H,5H2,1H3,(H,19,20)(H,22,23). The Labute approximate surface area is 134 Å². The molecule has 0 bridgehead atoms. The van der Waals surface area contributed by atoms with E-state index < -0.39 is 41.7 Å². The van der Waals surface area contributed by atoms with Gasteiger partial charge in [-0.1, -0.05) is 6.07 Å². The van der Waals surface area contributed by atoms with E-state index in [1.807, 2.05) is 0 Å². The first-order valence-electron chi connectivity index (χ1n) is 6.58. The number of carbonyl (C=O) groups excluding carboxylic acids is 1. The van der Waals surface area contributed by atoms with Gasteiger partial charge in [0.25, 0.3) is 0 Å². The molecule has 0 fully saturated rings. The maximum absolute atomic E-state index is 13.5. The first kappa shape index (κ1) is 17.5. The summed E-state index contributed by atoms with van der Waals surface area (Å²) in [5, 5.41) is 18.7. The van der Waals surface area contributed by atoms with Gasteiger partial charge >= 0.3 is 18.1 Å². The fourth-order valence-corrected chi connectivity index (χ4v) is 2.48. The van der Waals surface area contributed by atoms with Gasteiger partial charge in [0.2, 0.25) is 0 Å². The molecule has 0 spiro atoms. The van der Waals surface area contributed by atoms with Crippen LogP contribution in [0.3, 0.4) is 0 Å². The number of carbonyl (C=O) groups is 3. The number of benzene rings is 1. The van der Waals surface area contributed by atoms with E-state index in [9.17, 15) is 33.4 Å². The van der Waals surface area contributed by atoms with Gasteiger partial charge in [0.1, 0.15) is 5.92 Å². The van der Waals surface area contributed by atoms with Gasteiger partial charge < -0.3 is 14.9 Å². The number of carboxylic acid groups (broad SMARTS) is 2. The number of hydrogen-bond acceptors (Lipinski definition) is 4. The molecule has 0 saturated heterocycles. The molecular formula is C14H12F2N2O6. The first-order valence-corrected chi connectivity index (χ1v) is 6.58. The van der Waals surface area contributed by atoms with E-state index in [1.54, 1.807) is 0 Å². The number of rotatable bonds is 4. The van der Waals surface area contributed by atoms with Gasteiger partial charge in [-0.3, -0.25) is 4.79 Å². The Morgan fingerprint density at radius 2 is 1.96 bits per heavy atom. The van der Waals surface area contributed by atoms with E-state index in [1.165, 1.54) is 7.11 Å². The number of nitrogens with zero attached hydrogens (tertiary/aromatic N) is 2. The van der Waals surface area contributed by atoms with E-state index in [0.717, 1.165) is 12.1 Å². The van der Waals surface area contributed by atoms with Crippen molar-refractivity contribution in [3.8, 4) is 0 Å². The lowest BCUT2D eigenvalue weighted by Gasteiger charge is -2.35. The fourth-order valence-electron chi connectivity index (χ4n) is 2.48. The molecule has 24 heavy (non-hydrogen) atoms. The summed E-state index contributed by atoms with van der Waals surface area (Å²) in [6, 6.07) is -0.463. The van der Waals surface area contributed by atoms with Crippen LogP contribution in [0.4, 0.5) is 18.4 Å². The van der Waals surface area contributed by atoms with Crippen LogP contribution < -0.4 is 0 Å². The van der Waals surface area contributed by atoms with Crippen molar-refractivity contribution in [3.63, 3.8) is 0 Å². The van der Waals surface area contributed by atoms with E-state index in [-0.39, 0.29) is 22.8 Å². The number of urea groups is 1. The number of halogens is 2. The summed E-state index contributed by atoms with van der Waals surface area (Å²) in [6.07, 6.45) is -1.76. The van der Waals surface area contributed by atoms with Crippen molar-refractivity contribution in [1.29, 1.82) is 0 Å². The third kappa shape index (κ3) is 3.08. The summed E-state index contributed by atoms with van der Waals surface area (Å²) >= 11 is 0. The number of aliphatic imine (C=N–C) groups is 1. The van der Waals surface area contributed by atoms with Gasteiger partial charge in [-0.25, -0.2) is 23.3 Å². The van der Waals surface area contributed by atoms with Crippen molar-refractivity contribution < 1.29 is 38.1 Å². The van der Waals surface area contributed by atoms with E-state index >= 15 is 0 Å². The highest BCUT2D eigenvalue weighted by Gasteiger charge is 2.46. The molecule has 1 aromatic rings. The lowest BCUT2D eigenvalue weighted by atomic mass is 9.86. The molecule has 1 aliphatic heterocycles. The second-order valence-corrected chi connectivity index (χ2v) is 4.91. The molecule has 128 valence electrons. The Hall–Kier alpha value is -2.88. The molecule has 0 saturated carbocycles. The molecule has 1 aromatic carbocycles. The average Bonchev–Trinajstić information content (AvgIpc) is 2.48. The third-order valence-corrected chi connectivity index (χ3v) is 3.45. The number of amides is 3. The summed E-state index contributed by atoms with van der Waals surface area (Å²) in [4.78, 5) is 38.6. The van der Waals surface area contributed by atoms with Crippen LogP contribution in [0.5, 0.6) is 0 Å². The highest BCUT2D eigenvalue weighted by molar-refractivity contribution is 6.11. The number of carboxylic acids is 1. The molecule has 0 aliphatic carbocycles. The Morgan fingerprint density at radius 3 is 2.46 bits per heavy atom. The van der Waals surface area contributed by atoms with Gasteiger partial charge in [-0.2, -0.15) is 4.99 Å². The van der Waals surface area contributed by atoms with Crippen molar-refractivity contribution in [1.82, 2.24) is 4.90 Å².